The zero-order valence-electron chi connectivity index (χ0n) is 16.8. The molecular formula is C22H22N2O5S. The average molecular weight is 426 g/mol. The molecule has 1 amide bonds. The van der Waals surface area contributed by atoms with Crippen LogP contribution in [0.1, 0.15) is 15.9 Å². The molecule has 0 radical (unpaired) electrons. The van der Waals surface area contributed by atoms with E-state index in [1.807, 2.05) is 0 Å². The number of hydrogen-bond acceptors (Lipinski definition) is 5. The number of carbonyl (C=O) groups excluding carboxylic acids is 1. The summed E-state index contributed by atoms with van der Waals surface area (Å²) in [5.41, 5.74) is 1.85. The van der Waals surface area contributed by atoms with E-state index in [1.165, 1.54) is 32.4 Å². The summed E-state index contributed by atoms with van der Waals surface area (Å²) in [5, 5.41) is 2.77. The standard InChI is InChI=1S/C22H22N2O5S/c1-15-9-10-16(13-19(15)24-30(26,27)18-7-5-4-6-8-18)22(25)23-17-11-12-20(28-2)21(14-17)29-3/h4-14,24H,1-3H3,(H,23,25). The van der Waals surface area contributed by atoms with Crippen LogP contribution in [0.25, 0.3) is 0 Å². The van der Waals surface area contributed by atoms with Gasteiger partial charge in [0.25, 0.3) is 15.9 Å². The lowest BCUT2D eigenvalue weighted by Crippen LogP contribution is -2.16. The maximum absolute atomic E-state index is 12.7. The molecule has 0 aliphatic rings. The lowest BCUT2D eigenvalue weighted by atomic mass is 10.1. The van der Waals surface area contributed by atoms with Crippen LogP contribution in [0.3, 0.4) is 0 Å². The van der Waals surface area contributed by atoms with Gasteiger partial charge in [0.05, 0.1) is 24.8 Å². The van der Waals surface area contributed by atoms with E-state index in [4.69, 9.17) is 9.47 Å². The van der Waals surface area contributed by atoms with E-state index in [0.29, 0.717) is 34.0 Å². The number of anilines is 2. The quantitative estimate of drug-likeness (QED) is 0.594. The second-order valence-corrected chi connectivity index (χ2v) is 8.15. The molecule has 0 aromatic heterocycles. The summed E-state index contributed by atoms with van der Waals surface area (Å²) in [4.78, 5) is 12.9. The van der Waals surface area contributed by atoms with Crippen LogP contribution in [0.15, 0.2) is 71.6 Å². The highest BCUT2D eigenvalue weighted by atomic mass is 32.2. The molecule has 156 valence electrons. The molecule has 0 aliphatic heterocycles. The maximum Gasteiger partial charge on any atom is 0.261 e. The second kappa shape index (κ2) is 8.87. The van der Waals surface area contributed by atoms with Gasteiger partial charge in [0.15, 0.2) is 11.5 Å². The van der Waals surface area contributed by atoms with Gasteiger partial charge in [0.1, 0.15) is 0 Å². The Morgan fingerprint density at radius 1 is 0.867 bits per heavy atom. The monoisotopic (exact) mass is 426 g/mol. The van der Waals surface area contributed by atoms with Gasteiger partial charge in [-0.15, -0.1) is 0 Å². The minimum atomic E-state index is -3.77. The number of ether oxygens (including phenoxy) is 2. The average Bonchev–Trinajstić information content (AvgIpc) is 2.75. The first-order valence-corrected chi connectivity index (χ1v) is 10.5. The van der Waals surface area contributed by atoms with Crippen molar-refractivity contribution in [2.75, 3.05) is 24.3 Å². The molecule has 0 atom stereocenters. The fraction of sp³-hybridized carbons (Fsp3) is 0.136. The van der Waals surface area contributed by atoms with E-state index in [9.17, 15) is 13.2 Å². The first-order chi connectivity index (χ1) is 14.3. The van der Waals surface area contributed by atoms with Crippen LogP contribution in [-0.2, 0) is 10.0 Å². The molecule has 0 heterocycles. The summed E-state index contributed by atoms with van der Waals surface area (Å²) >= 11 is 0. The fourth-order valence-corrected chi connectivity index (χ4v) is 3.94. The van der Waals surface area contributed by atoms with E-state index >= 15 is 0 Å². The predicted molar refractivity (Wildman–Crippen MR) is 116 cm³/mol. The summed E-state index contributed by atoms with van der Waals surface area (Å²) in [5.74, 6) is 0.640. The molecule has 2 N–H and O–H groups in total. The van der Waals surface area contributed by atoms with E-state index in [0.717, 1.165) is 0 Å². The van der Waals surface area contributed by atoms with Gasteiger partial charge in [-0.2, -0.15) is 0 Å². The lowest BCUT2D eigenvalue weighted by Gasteiger charge is -2.13. The Labute approximate surface area is 175 Å². The van der Waals surface area contributed by atoms with Crippen LogP contribution in [-0.4, -0.2) is 28.5 Å². The Kier molecular flexibility index (Phi) is 6.27. The number of rotatable bonds is 7. The van der Waals surface area contributed by atoms with Crippen LogP contribution in [0.4, 0.5) is 11.4 Å². The van der Waals surface area contributed by atoms with Gasteiger partial charge in [-0.1, -0.05) is 24.3 Å². The molecule has 0 unspecified atom stereocenters. The van der Waals surface area contributed by atoms with E-state index in [2.05, 4.69) is 10.0 Å². The number of carbonyl (C=O) groups is 1. The van der Waals surface area contributed by atoms with Crippen molar-refractivity contribution in [1.82, 2.24) is 0 Å². The molecule has 0 aliphatic carbocycles. The highest BCUT2D eigenvalue weighted by Gasteiger charge is 2.17. The molecule has 0 saturated heterocycles. The van der Waals surface area contributed by atoms with Crippen molar-refractivity contribution in [1.29, 1.82) is 0 Å². The van der Waals surface area contributed by atoms with Crippen molar-refractivity contribution in [2.45, 2.75) is 11.8 Å². The van der Waals surface area contributed by atoms with Gasteiger partial charge in [-0.25, -0.2) is 8.42 Å². The summed E-state index contributed by atoms with van der Waals surface area (Å²) in [6.07, 6.45) is 0. The number of aryl methyl sites for hydroxylation is 1. The van der Waals surface area contributed by atoms with E-state index in [1.54, 1.807) is 55.5 Å². The highest BCUT2D eigenvalue weighted by Crippen LogP contribution is 2.30. The summed E-state index contributed by atoms with van der Waals surface area (Å²) in [6.45, 7) is 1.76. The summed E-state index contributed by atoms with van der Waals surface area (Å²) in [7, 11) is -0.729. The number of nitrogens with one attached hydrogen (secondary N) is 2. The van der Waals surface area contributed by atoms with Gasteiger partial charge < -0.3 is 14.8 Å². The molecule has 3 aromatic rings. The number of methoxy groups -OCH3 is 2. The topological polar surface area (TPSA) is 93.7 Å². The molecule has 7 nitrogen and oxygen atoms in total. The molecule has 0 saturated carbocycles. The van der Waals surface area contributed by atoms with Gasteiger partial charge in [0.2, 0.25) is 0 Å². The molecule has 0 fully saturated rings. The van der Waals surface area contributed by atoms with Crippen molar-refractivity contribution >= 4 is 27.3 Å². The van der Waals surface area contributed by atoms with Gasteiger partial charge in [-0.3, -0.25) is 9.52 Å². The number of benzene rings is 3. The predicted octanol–water partition coefficient (Wildman–Crippen LogP) is 4.07. The van der Waals surface area contributed by atoms with Crippen LogP contribution in [0, 0.1) is 6.92 Å². The summed E-state index contributed by atoms with van der Waals surface area (Å²) < 4.78 is 38.2. The number of hydrogen-bond donors (Lipinski definition) is 2. The molecule has 3 aromatic carbocycles. The Morgan fingerprint density at radius 2 is 1.57 bits per heavy atom. The second-order valence-electron chi connectivity index (χ2n) is 6.47. The first kappa shape index (κ1) is 21.2. The van der Waals surface area contributed by atoms with Crippen molar-refractivity contribution in [3.05, 3.63) is 77.9 Å². The van der Waals surface area contributed by atoms with Gasteiger partial charge in [-0.05, 0) is 48.9 Å². The number of sulfonamides is 1. The third kappa shape index (κ3) is 4.72. The van der Waals surface area contributed by atoms with E-state index < -0.39 is 10.0 Å². The molecular weight excluding hydrogens is 404 g/mol. The van der Waals surface area contributed by atoms with Crippen LogP contribution < -0.4 is 19.5 Å². The Balaban J connectivity index is 1.83. The first-order valence-electron chi connectivity index (χ1n) is 9.06. The lowest BCUT2D eigenvalue weighted by molar-refractivity contribution is 0.102. The normalized spacial score (nSPS) is 10.9. The molecule has 30 heavy (non-hydrogen) atoms. The van der Waals surface area contributed by atoms with Crippen LogP contribution in [0.2, 0.25) is 0 Å². The highest BCUT2D eigenvalue weighted by molar-refractivity contribution is 7.92. The van der Waals surface area contributed by atoms with E-state index in [-0.39, 0.29) is 10.8 Å². The molecule has 8 heteroatoms. The van der Waals surface area contributed by atoms with Crippen molar-refractivity contribution in [3.63, 3.8) is 0 Å². The fourth-order valence-electron chi connectivity index (χ4n) is 2.79. The zero-order valence-corrected chi connectivity index (χ0v) is 17.6. The Bertz CT molecular complexity index is 1160. The Morgan fingerprint density at radius 3 is 2.23 bits per heavy atom. The minimum Gasteiger partial charge on any atom is -0.493 e. The maximum atomic E-state index is 12.7. The van der Waals surface area contributed by atoms with Crippen molar-refractivity contribution in [3.8, 4) is 11.5 Å². The van der Waals surface area contributed by atoms with Crippen molar-refractivity contribution < 1.29 is 22.7 Å². The number of amides is 1. The minimum absolute atomic E-state index is 0.143. The van der Waals surface area contributed by atoms with Gasteiger partial charge >= 0.3 is 0 Å². The molecule has 3 rings (SSSR count). The summed E-state index contributed by atoms with van der Waals surface area (Å²) in [6, 6.07) is 17.9. The third-order valence-electron chi connectivity index (χ3n) is 4.44. The molecule has 0 spiro atoms. The largest absolute Gasteiger partial charge is 0.493 e. The smallest absolute Gasteiger partial charge is 0.261 e. The van der Waals surface area contributed by atoms with Crippen LogP contribution in [0.5, 0.6) is 11.5 Å². The molecule has 0 bridgehead atoms. The van der Waals surface area contributed by atoms with Gasteiger partial charge in [0, 0.05) is 17.3 Å². The Hall–Kier alpha value is -3.52. The third-order valence-corrected chi connectivity index (χ3v) is 5.82. The zero-order chi connectivity index (χ0) is 21.7. The SMILES string of the molecule is COc1ccc(NC(=O)c2ccc(C)c(NS(=O)(=O)c3ccccc3)c2)cc1OC. The van der Waals surface area contributed by atoms with Crippen LogP contribution >= 0.6 is 0 Å². The van der Waals surface area contributed by atoms with Crippen molar-refractivity contribution in [2.24, 2.45) is 0 Å².